The average molecular weight is 366 g/mol. The molecule has 10 nitrogen and oxygen atoms in total. The van der Waals surface area contributed by atoms with Gasteiger partial charge in [-0.1, -0.05) is 0 Å². The quantitative estimate of drug-likeness (QED) is 0.145. The molecular weight excluding hydrogens is 348 g/mol. The van der Waals surface area contributed by atoms with Crippen LogP contribution in [0.4, 0.5) is 0 Å². The normalized spacial score (nSPS) is 11.7. The number of thiocarbonyl (C=S) groups is 1. The third-order valence-electron chi connectivity index (χ3n) is 2.25. The van der Waals surface area contributed by atoms with Crippen LogP contribution in [0, 0.1) is 5.41 Å². The minimum atomic E-state index is -1.22. The Morgan fingerprint density at radius 1 is 1.30 bits per heavy atom. The van der Waals surface area contributed by atoms with Crippen molar-refractivity contribution in [3.8, 4) is 0 Å². The van der Waals surface area contributed by atoms with Crippen LogP contribution in [-0.4, -0.2) is 63.5 Å². The first-order valence-corrected chi connectivity index (χ1v) is 7.15. The molecule has 0 spiro atoms. The molecule has 0 aromatic carbocycles. The van der Waals surface area contributed by atoms with E-state index in [1.54, 1.807) is 5.16 Å². The van der Waals surface area contributed by atoms with Gasteiger partial charge >= 0.3 is 11.9 Å². The second-order valence-corrected chi connectivity index (χ2v) is 4.57. The van der Waals surface area contributed by atoms with E-state index in [0.717, 1.165) is 0 Å². The maximum Gasteiger partial charge on any atom is 0.322 e. The van der Waals surface area contributed by atoms with Crippen LogP contribution in [-0.2, 0) is 19.2 Å². The predicted octanol–water partition coefficient (Wildman–Crippen LogP) is -1.54. The van der Waals surface area contributed by atoms with Crippen LogP contribution in [0.2, 0.25) is 0 Å². The van der Waals surface area contributed by atoms with Gasteiger partial charge in [0.25, 0.3) is 0 Å². The molecule has 0 aliphatic carbocycles. The van der Waals surface area contributed by atoms with E-state index in [9.17, 15) is 19.2 Å². The summed E-state index contributed by atoms with van der Waals surface area (Å²) in [6.45, 7) is -0.567. The summed E-state index contributed by atoms with van der Waals surface area (Å²) in [4.78, 5) is 43.7. The molecule has 0 radical (unpaired) electrons. The van der Waals surface area contributed by atoms with Crippen molar-refractivity contribution in [2.24, 2.45) is 5.73 Å². The van der Waals surface area contributed by atoms with Crippen molar-refractivity contribution in [3.05, 3.63) is 0 Å². The Kier molecular flexibility index (Phi) is 13.8. The number of hydrogen-bond acceptors (Lipinski definition) is 8. The number of hydrogen-bond donors (Lipinski definition) is 7. The second kappa shape index (κ2) is 13.6. The number of rotatable bonds is 9. The van der Waals surface area contributed by atoms with Gasteiger partial charge in [-0.25, -0.2) is 5.41 Å². The van der Waals surface area contributed by atoms with Gasteiger partial charge in [-0.15, -0.1) is 0 Å². The van der Waals surface area contributed by atoms with Gasteiger partial charge in [0.2, 0.25) is 11.8 Å². The molecule has 12 heteroatoms. The molecule has 0 fully saturated rings. The molecule has 2 atom stereocenters. The molecule has 0 aliphatic rings. The van der Waals surface area contributed by atoms with Crippen LogP contribution < -0.4 is 16.4 Å². The van der Waals surface area contributed by atoms with E-state index >= 15 is 0 Å². The first-order valence-electron chi connectivity index (χ1n) is 6.11. The van der Waals surface area contributed by atoms with Crippen LogP contribution in [0.25, 0.3) is 0 Å². The fraction of sp³-hybridized carbons (Fsp3) is 0.545. The topological polar surface area (TPSA) is 183 Å². The van der Waals surface area contributed by atoms with E-state index in [2.05, 4.69) is 35.5 Å². The third-order valence-corrected chi connectivity index (χ3v) is 2.61. The van der Waals surface area contributed by atoms with Crippen LogP contribution in [0.1, 0.15) is 12.8 Å². The van der Waals surface area contributed by atoms with Crippen molar-refractivity contribution >= 4 is 53.8 Å². The van der Waals surface area contributed by atoms with Gasteiger partial charge < -0.3 is 26.6 Å². The Morgan fingerprint density at radius 3 is 2.22 bits per heavy atom. The zero-order valence-electron chi connectivity index (χ0n) is 11.9. The number of nitrogens with one attached hydrogen (secondary N) is 3. The Balaban J connectivity index is 0. The fourth-order valence-electron chi connectivity index (χ4n) is 1.16. The fourth-order valence-corrected chi connectivity index (χ4v) is 1.41. The molecule has 0 aromatic rings. The maximum atomic E-state index is 11.5. The molecule has 0 saturated heterocycles. The Labute approximate surface area is 142 Å². The number of nitrogens with two attached hydrogens (primary N) is 1. The summed E-state index contributed by atoms with van der Waals surface area (Å²) in [6.07, 6.45) is -0.235. The standard InChI is InChI=1S/C10H17N3O6S.CHNS/c11-5(10(18)19)1-2-7(14)13-6(4-20)9(17)12-3-8(15)16;2-1-3/h5-6,20H,1-4,11H2,(H,12,17)(H,13,14)(H,15,16)(H,18,19);2H/t5-,6-;/m0./s1. The number of amides is 2. The minimum Gasteiger partial charge on any atom is -0.480 e. The van der Waals surface area contributed by atoms with Crippen LogP contribution >= 0.6 is 24.8 Å². The molecule has 0 heterocycles. The van der Waals surface area contributed by atoms with E-state index in [4.69, 9.17) is 21.4 Å². The largest absolute Gasteiger partial charge is 0.480 e. The molecule has 0 bridgehead atoms. The molecule has 0 aromatic heterocycles. The van der Waals surface area contributed by atoms with E-state index in [-0.39, 0.29) is 18.6 Å². The number of carbonyl (C=O) groups is 4. The molecule has 23 heavy (non-hydrogen) atoms. The van der Waals surface area contributed by atoms with Crippen molar-refractivity contribution < 1.29 is 29.4 Å². The molecule has 130 valence electrons. The van der Waals surface area contributed by atoms with E-state index in [0.29, 0.717) is 0 Å². The smallest absolute Gasteiger partial charge is 0.322 e. The summed E-state index contributed by atoms with van der Waals surface area (Å²) in [7, 11) is 0. The van der Waals surface area contributed by atoms with E-state index < -0.39 is 42.4 Å². The number of carboxylic acid groups (broad SMARTS) is 2. The minimum absolute atomic E-state index is 0.0256. The van der Waals surface area contributed by atoms with Gasteiger partial charge in [0.1, 0.15) is 18.6 Å². The van der Waals surface area contributed by atoms with Crippen LogP contribution in [0.3, 0.4) is 0 Å². The number of thiol groups is 1. The van der Waals surface area contributed by atoms with E-state index in [1.165, 1.54) is 0 Å². The summed E-state index contributed by atoms with van der Waals surface area (Å²) in [5, 5.41) is 28.7. The summed E-state index contributed by atoms with van der Waals surface area (Å²) in [5.41, 5.74) is 5.23. The van der Waals surface area contributed by atoms with Crippen LogP contribution in [0.15, 0.2) is 0 Å². The number of carboxylic acids is 2. The summed E-state index contributed by atoms with van der Waals surface area (Å²) >= 11 is 7.68. The highest BCUT2D eigenvalue weighted by Gasteiger charge is 2.20. The molecule has 0 unspecified atom stereocenters. The SMILES string of the molecule is N=C=S.N[C@@H](CCC(=O)N[C@@H](CS)C(=O)NCC(=O)O)C(=O)O. The van der Waals surface area contributed by atoms with Gasteiger partial charge in [0.05, 0.1) is 5.16 Å². The second-order valence-electron chi connectivity index (χ2n) is 4.00. The van der Waals surface area contributed by atoms with Crippen molar-refractivity contribution in [1.29, 1.82) is 5.41 Å². The molecular formula is C11H18N4O6S2. The first kappa shape index (κ1) is 23.3. The summed E-state index contributed by atoms with van der Waals surface area (Å²) in [5.74, 6) is -3.70. The van der Waals surface area contributed by atoms with Crippen molar-refractivity contribution in [2.75, 3.05) is 12.3 Å². The first-order chi connectivity index (χ1) is 10.7. The van der Waals surface area contributed by atoms with Gasteiger partial charge in [-0.2, -0.15) is 12.6 Å². The van der Waals surface area contributed by atoms with Gasteiger partial charge in [-0.3, -0.25) is 19.2 Å². The zero-order chi connectivity index (χ0) is 18.4. The molecule has 0 aliphatic heterocycles. The van der Waals surface area contributed by atoms with Gasteiger partial charge in [0.15, 0.2) is 0 Å². The Morgan fingerprint density at radius 2 is 1.83 bits per heavy atom. The number of carbonyl (C=O) groups excluding carboxylic acids is 2. The number of isothiocyanates is 1. The van der Waals surface area contributed by atoms with Crippen molar-refractivity contribution in [2.45, 2.75) is 24.9 Å². The molecule has 0 rings (SSSR count). The highest BCUT2D eigenvalue weighted by Crippen LogP contribution is 1.97. The molecule has 2 amide bonds. The van der Waals surface area contributed by atoms with Gasteiger partial charge in [-0.05, 0) is 18.6 Å². The lowest BCUT2D eigenvalue weighted by molar-refractivity contribution is -0.139. The summed E-state index contributed by atoms with van der Waals surface area (Å²) < 4.78 is 0. The Hall–Kier alpha value is -2.01. The lowest BCUT2D eigenvalue weighted by Crippen LogP contribution is -2.49. The molecule has 7 N–H and O–H groups in total. The van der Waals surface area contributed by atoms with Crippen molar-refractivity contribution in [1.82, 2.24) is 10.6 Å². The van der Waals surface area contributed by atoms with Crippen LogP contribution in [0.5, 0.6) is 0 Å². The predicted molar refractivity (Wildman–Crippen MR) is 86.6 cm³/mol. The maximum absolute atomic E-state index is 11.5. The van der Waals surface area contributed by atoms with Crippen molar-refractivity contribution in [3.63, 3.8) is 0 Å². The van der Waals surface area contributed by atoms with Gasteiger partial charge in [0, 0.05) is 12.2 Å². The summed E-state index contributed by atoms with van der Waals surface area (Å²) in [6, 6.07) is -2.15. The highest BCUT2D eigenvalue weighted by molar-refractivity contribution is 7.80. The third kappa shape index (κ3) is 13.4. The molecule has 0 saturated carbocycles. The highest BCUT2D eigenvalue weighted by atomic mass is 32.1. The monoisotopic (exact) mass is 366 g/mol. The zero-order valence-corrected chi connectivity index (χ0v) is 13.7. The number of aliphatic carboxylic acids is 2. The lowest BCUT2D eigenvalue weighted by atomic mass is 10.1. The van der Waals surface area contributed by atoms with E-state index in [1.807, 2.05) is 0 Å². The average Bonchev–Trinajstić information content (AvgIpc) is 2.48. The Bertz CT molecular complexity index is 467. The lowest BCUT2D eigenvalue weighted by Gasteiger charge is -2.16.